The van der Waals surface area contributed by atoms with Crippen molar-refractivity contribution in [1.82, 2.24) is 14.8 Å². The largest absolute Gasteiger partial charge is 0.378 e. The van der Waals surface area contributed by atoms with Gasteiger partial charge in [-0.25, -0.2) is 0 Å². The molecule has 1 aromatic carbocycles. The van der Waals surface area contributed by atoms with Crippen LogP contribution in [0.2, 0.25) is 0 Å². The summed E-state index contributed by atoms with van der Waals surface area (Å²) in [5.41, 5.74) is 1.83. The molecule has 2 atom stereocenters. The van der Waals surface area contributed by atoms with Gasteiger partial charge in [-0.3, -0.25) is 9.69 Å². The third-order valence-electron chi connectivity index (χ3n) is 5.15. The van der Waals surface area contributed by atoms with Crippen LogP contribution in [0.5, 0.6) is 0 Å². The van der Waals surface area contributed by atoms with Crippen molar-refractivity contribution in [2.45, 2.75) is 24.9 Å². The summed E-state index contributed by atoms with van der Waals surface area (Å²) < 4.78 is 7.69. The number of carbonyl (C=O) groups is 1. The molecule has 5 nitrogen and oxygen atoms in total. The number of aryl methyl sites for hydroxylation is 1. The van der Waals surface area contributed by atoms with Gasteiger partial charge in [0.1, 0.15) is 0 Å². The van der Waals surface area contributed by atoms with Crippen molar-refractivity contribution >= 4 is 16.8 Å². The molecule has 0 aliphatic carbocycles. The van der Waals surface area contributed by atoms with Crippen molar-refractivity contribution in [3.8, 4) is 0 Å². The molecule has 2 aromatic rings. The zero-order valence-corrected chi connectivity index (χ0v) is 13.5. The fourth-order valence-electron chi connectivity index (χ4n) is 3.86. The van der Waals surface area contributed by atoms with Crippen molar-refractivity contribution < 1.29 is 9.53 Å². The SMILES string of the molecule is Cn1ccc2c(C(=O)N[C@@H]3COC[C@H]3N3CCCC3)cccc21. The van der Waals surface area contributed by atoms with Crippen molar-refractivity contribution in [1.29, 1.82) is 0 Å². The second-order valence-corrected chi connectivity index (χ2v) is 6.59. The van der Waals surface area contributed by atoms with E-state index < -0.39 is 0 Å². The molecule has 2 fully saturated rings. The maximum absolute atomic E-state index is 12.8. The van der Waals surface area contributed by atoms with E-state index in [0.717, 1.165) is 36.2 Å². The average Bonchev–Trinajstić information content (AvgIpc) is 3.28. The van der Waals surface area contributed by atoms with Crippen molar-refractivity contribution in [3.05, 3.63) is 36.0 Å². The zero-order chi connectivity index (χ0) is 15.8. The number of fused-ring (bicyclic) bond motifs is 1. The van der Waals surface area contributed by atoms with Crippen molar-refractivity contribution in [3.63, 3.8) is 0 Å². The molecule has 0 unspecified atom stereocenters. The van der Waals surface area contributed by atoms with Crippen LogP contribution in [0.15, 0.2) is 30.5 Å². The topological polar surface area (TPSA) is 46.5 Å². The average molecular weight is 313 g/mol. The number of amides is 1. The number of carbonyl (C=O) groups excluding carboxylic acids is 1. The van der Waals surface area contributed by atoms with Gasteiger partial charge in [0.2, 0.25) is 0 Å². The molecule has 1 N–H and O–H groups in total. The summed E-state index contributed by atoms with van der Waals surface area (Å²) in [6.07, 6.45) is 4.49. The molecule has 2 aliphatic rings. The van der Waals surface area contributed by atoms with Crippen molar-refractivity contribution in [2.24, 2.45) is 7.05 Å². The Morgan fingerprint density at radius 2 is 2.04 bits per heavy atom. The number of nitrogens with zero attached hydrogens (tertiary/aromatic N) is 2. The van der Waals surface area contributed by atoms with Gasteiger partial charge in [0.15, 0.2) is 0 Å². The fraction of sp³-hybridized carbons (Fsp3) is 0.500. The highest BCUT2D eigenvalue weighted by Crippen LogP contribution is 2.22. The van der Waals surface area contributed by atoms with E-state index in [4.69, 9.17) is 4.74 Å². The highest BCUT2D eigenvalue weighted by molar-refractivity contribution is 6.06. The number of ether oxygens (including phenoxy) is 1. The molecule has 0 radical (unpaired) electrons. The van der Waals surface area contributed by atoms with Gasteiger partial charge >= 0.3 is 0 Å². The summed E-state index contributed by atoms with van der Waals surface area (Å²) >= 11 is 0. The number of benzene rings is 1. The second-order valence-electron chi connectivity index (χ2n) is 6.59. The summed E-state index contributed by atoms with van der Waals surface area (Å²) in [6.45, 7) is 3.57. The van der Waals surface area contributed by atoms with E-state index in [1.54, 1.807) is 0 Å². The van der Waals surface area contributed by atoms with Gasteiger partial charge in [-0.2, -0.15) is 0 Å². The van der Waals surface area contributed by atoms with Crippen LogP contribution >= 0.6 is 0 Å². The van der Waals surface area contributed by atoms with Gasteiger partial charge in [-0.1, -0.05) is 6.07 Å². The van der Waals surface area contributed by atoms with Crippen LogP contribution < -0.4 is 5.32 Å². The first-order valence-electron chi connectivity index (χ1n) is 8.41. The van der Waals surface area contributed by atoms with E-state index >= 15 is 0 Å². The first-order valence-corrected chi connectivity index (χ1v) is 8.41. The third kappa shape index (κ3) is 2.64. The number of hydrogen-bond donors (Lipinski definition) is 1. The Hall–Kier alpha value is -1.85. The van der Waals surface area contributed by atoms with Crippen LogP contribution in [0.25, 0.3) is 10.9 Å². The van der Waals surface area contributed by atoms with Crippen LogP contribution in [0.3, 0.4) is 0 Å². The third-order valence-corrected chi connectivity index (χ3v) is 5.15. The monoisotopic (exact) mass is 313 g/mol. The van der Waals surface area contributed by atoms with E-state index in [-0.39, 0.29) is 11.9 Å². The van der Waals surface area contributed by atoms with E-state index in [2.05, 4.69) is 10.2 Å². The minimum atomic E-state index is 0.00139. The standard InChI is InChI=1S/C18H23N3O2/c1-20-10-7-13-14(5-4-6-16(13)20)18(22)19-15-11-23-12-17(15)21-8-2-3-9-21/h4-7,10,15,17H,2-3,8-9,11-12H2,1H3,(H,19,22)/t15-,17-/m1/s1. The Labute approximate surface area is 136 Å². The van der Waals surface area contributed by atoms with Gasteiger partial charge in [-0.15, -0.1) is 0 Å². The van der Waals surface area contributed by atoms with Crippen LogP contribution in [0.4, 0.5) is 0 Å². The first-order chi connectivity index (χ1) is 11.2. The Balaban J connectivity index is 1.54. The minimum Gasteiger partial charge on any atom is -0.378 e. The Morgan fingerprint density at radius 3 is 2.87 bits per heavy atom. The van der Waals surface area contributed by atoms with Gasteiger partial charge in [-0.05, 0) is 44.1 Å². The van der Waals surface area contributed by atoms with Crippen LogP contribution in [-0.2, 0) is 11.8 Å². The Bertz CT molecular complexity index is 718. The van der Waals surface area contributed by atoms with E-state index in [1.165, 1.54) is 12.8 Å². The highest BCUT2D eigenvalue weighted by Gasteiger charge is 2.35. The van der Waals surface area contributed by atoms with E-state index in [9.17, 15) is 4.79 Å². The van der Waals surface area contributed by atoms with Crippen molar-refractivity contribution in [2.75, 3.05) is 26.3 Å². The molecule has 23 heavy (non-hydrogen) atoms. The van der Waals surface area contributed by atoms with Gasteiger partial charge in [0.25, 0.3) is 5.91 Å². The van der Waals surface area contributed by atoms with E-state index in [0.29, 0.717) is 12.6 Å². The van der Waals surface area contributed by atoms with Crippen LogP contribution in [-0.4, -0.2) is 53.8 Å². The number of rotatable bonds is 3. The lowest BCUT2D eigenvalue weighted by atomic mass is 10.1. The highest BCUT2D eigenvalue weighted by atomic mass is 16.5. The lowest BCUT2D eigenvalue weighted by molar-refractivity contribution is 0.0918. The Kier molecular flexibility index (Phi) is 3.83. The van der Waals surface area contributed by atoms with E-state index in [1.807, 2.05) is 42.1 Å². The first kappa shape index (κ1) is 14.7. The van der Waals surface area contributed by atoms with Crippen LogP contribution in [0.1, 0.15) is 23.2 Å². The molecule has 0 spiro atoms. The number of aromatic nitrogens is 1. The number of hydrogen-bond acceptors (Lipinski definition) is 3. The second kappa shape index (κ2) is 5.98. The van der Waals surface area contributed by atoms with Gasteiger partial charge in [0.05, 0.1) is 25.3 Å². The number of nitrogens with one attached hydrogen (secondary N) is 1. The molecule has 2 saturated heterocycles. The molecule has 122 valence electrons. The lowest BCUT2D eigenvalue weighted by Crippen LogP contribution is -2.50. The molecule has 5 heteroatoms. The predicted molar refractivity (Wildman–Crippen MR) is 89.6 cm³/mol. The van der Waals surface area contributed by atoms with Crippen LogP contribution in [0, 0.1) is 0 Å². The summed E-state index contributed by atoms with van der Waals surface area (Å²) in [6, 6.07) is 8.29. The molecule has 0 bridgehead atoms. The summed E-state index contributed by atoms with van der Waals surface area (Å²) in [4.78, 5) is 15.2. The molecule has 1 amide bonds. The molecule has 3 heterocycles. The summed E-state index contributed by atoms with van der Waals surface area (Å²) in [5.74, 6) is 0.00139. The quantitative estimate of drug-likeness (QED) is 0.939. The van der Waals surface area contributed by atoms with Gasteiger partial charge in [0, 0.05) is 29.7 Å². The minimum absolute atomic E-state index is 0.00139. The molecule has 1 aromatic heterocycles. The smallest absolute Gasteiger partial charge is 0.252 e. The molecule has 2 aliphatic heterocycles. The lowest BCUT2D eigenvalue weighted by Gasteiger charge is -2.28. The van der Waals surface area contributed by atoms with Gasteiger partial charge < -0.3 is 14.6 Å². The molecular weight excluding hydrogens is 290 g/mol. The predicted octanol–water partition coefficient (Wildman–Crippen LogP) is 1.77. The summed E-state index contributed by atoms with van der Waals surface area (Å²) in [5, 5.41) is 4.21. The molecule has 0 saturated carbocycles. The normalized spacial score (nSPS) is 25.3. The summed E-state index contributed by atoms with van der Waals surface area (Å²) in [7, 11) is 2.00. The maximum Gasteiger partial charge on any atom is 0.252 e. The molecule has 4 rings (SSSR count). The fourth-order valence-corrected chi connectivity index (χ4v) is 3.86. The zero-order valence-electron chi connectivity index (χ0n) is 13.5. The molecular formula is C18H23N3O2. The Morgan fingerprint density at radius 1 is 1.22 bits per heavy atom. The maximum atomic E-state index is 12.8. The number of likely N-dealkylation sites (tertiary alicyclic amines) is 1.